The molecular weight excluding hydrogens is 304 g/mol. The maximum Gasteiger partial charge on any atom is 0.373 e. The van der Waals surface area contributed by atoms with E-state index in [2.05, 4.69) is 0 Å². The lowest BCUT2D eigenvalue weighted by Gasteiger charge is -2.07. The molecule has 7 nitrogen and oxygen atoms in total. The molecule has 0 aliphatic rings. The minimum absolute atomic E-state index is 0.0154. The number of ether oxygens (including phenoxy) is 3. The van der Waals surface area contributed by atoms with Crippen LogP contribution in [-0.2, 0) is 23.8 Å². The number of unbranched alkanes of at least 4 members (excludes halogenated alkanes) is 2. The molecule has 0 spiro atoms. The van der Waals surface area contributed by atoms with Crippen LogP contribution in [0.2, 0.25) is 0 Å². The molecule has 0 radical (unpaired) electrons. The highest BCUT2D eigenvalue weighted by molar-refractivity contribution is 5.86. The Kier molecular flexibility index (Phi) is 12.4. The van der Waals surface area contributed by atoms with Gasteiger partial charge in [-0.1, -0.05) is 26.7 Å². The van der Waals surface area contributed by atoms with Gasteiger partial charge in [-0.15, -0.1) is 0 Å². The van der Waals surface area contributed by atoms with E-state index in [4.69, 9.17) is 14.2 Å². The van der Waals surface area contributed by atoms with Crippen molar-refractivity contribution in [3.8, 4) is 0 Å². The lowest BCUT2D eigenvalue weighted by Crippen LogP contribution is -2.16. The highest BCUT2D eigenvalue weighted by Gasteiger charge is 2.09. The Labute approximate surface area is 136 Å². The highest BCUT2D eigenvalue weighted by atomic mass is 16.6. The van der Waals surface area contributed by atoms with Crippen LogP contribution in [0.4, 0.5) is 0 Å². The fraction of sp³-hybridized carbons (Fsp3) is 0.625. The third kappa shape index (κ3) is 11.2. The van der Waals surface area contributed by atoms with E-state index in [-0.39, 0.29) is 26.4 Å². The van der Waals surface area contributed by atoms with Crippen molar-refractivity contribution in [2.75, 3.05) is 26.4 Å². The predicted molar refractivity (Wildman–Crippen MR) is 84.0 cm³/mol. The van der Waals surface area contributed by atoms with Crippen LogP contribution in [0.1, 0.15) is 39.5 Å². The molecule has 0 aliphatic carbocycles. The van der Waals surface area contributed by atoms with Crippen LogP contribution < -0.4 is 0 Å². The first kappa shape index (κ1) is 21.0. The van der Waals surface area contributed by atoms with E-state index >= 15 is 0 Å². The quantitative estimate of drug-likeness (QED) is 0.245. The number of allylic oxidation sites excluding steroid dienone is 2. The average molecular weight is 330 g/mol. The van der Waals surface area contributed by atoms with Crippen molar-refractivity contribution in [2.45, 2.75) is 39.5 Å². The van der Waals surface area contributed by atoms with E-state index in [0.29, 0.717) is 12.8 Å². The minimum atomic E-state index is -0.792. The Morgan fingerprint density at radius 3 is 1.52 bits per heavy atom. The number of rotatable bonds is 12. The van der Waals surface area contributed by atoms with Crippen molar-refractivity contribution in [2.24, 2.45) is 0 Å². The van der Waals surface area contributed by atoms with Gasteiger partial charge in [0.25, 0.3) is 0 Å². The predicted octanol–water partition coefficient (Wildman–Crippen LogP) is 2.57. The molecule has 0 saturated heterocycles. The van der Waals surface area contributed by atoms with Crippen LogP contribution in [0.15, 0.2) is 23.7 Å². The van der Waals surface area contributed by atoms with Crippen LogP contribution in [0.3, 0.4) is 0 Å². The number of carbonyl (C=O) groups is 2. The summed E-state index contributed by atoms with van der Waals surface area (Å²) in [7, 11) is 0. The zero-order chi connectivity index (χ0) is 17.5. The van der Waals surface area contributed by atoms with E-state index in [0.717, 1.165) is 12.8 Å². The SMILES string of the molecule is CCC/C=C(\O)C(=O)OCCOCCOC(=O)/C(O)=C/CCC. The van der Waals surface area contributed by atoms with Gasteiger partial charge >= 0.3 is 11.9 Å². The maximum absolute atomic E-state index is 11.3. The van der Waals surface area contributed by atoms with Crippen LogP contribution in [0.5, 0.6) is 0 Å². The summed E-state index contributed by atoms with van der Waals surface area (Å²) in [5, 5.41) is 18.6. The van der Waals surface area contributed by atoms with Crippen molar-refractivity contribution in [3.63, 3.8) is 0 Å². The summed E-state index contributed by atoms with van der Waals surface area (Å²) >= 11 is 0. The van der Waals surface area contributed by atoms with E-state index in [1.54, 1.807) is 0 Å². The molecule has 0 heterocycles. The van der Waals surface area contributed by atoms with Gasteiger partial charge in [0.15, 0.2) is 11.5 Å². The number of esters is 2. The topological polar surface area (TPSA) is 102 Å². The first-order valence-corrected chi connectivity index (χ1v) is 7.73. The molecule has 23 heavy (non-hydrogen) atoms. The van der Waals surface area contributed by atoms with Gasteiger partial charge in [0, 0.05) is 0 Å². The number of aliphatic hydroxyl groups is 2. The number of carbonyl (C=O) groups excluding carboxylic acids is 2. The first-order valence-electron chi connectivity index (χ1n) is 7.73. The van der Waals surface area contributed by atoms with Crippen molar-refractivity contribution in [3.05, 3.63) is 23.7 Å². The maximum atomic E-state index is 11.3. The molecule has 0 saturated carbocycles. The fourth-order valence-corrected chi connectivity index (χ4v) is 1.37. The van der Waals surface area contributed by atoms with Crippen LogP contribution in [0.25, 0.3) is 0 Å². The Morgan fingerprint density at radius 2 is 1.17 bits per heavy atom. The third-order valence-electron chi connectivity index (χ3n) is 2.59. The van der Waals surface area contributed by atoms with Crippen molar-refractivity contribution in [1.29, 1.82) is 0 Å². The van der Waals surface area contributed by atoms with E-state index in [1.165, 1.54) is 12.2 Å². The van der Waals surface area contributed by atoms with Gasteiger partial charge < -0.3 is 24.4 Å². The summed E-state index contributed by atoms with van der Waals surface area (Å²) < 4.78 is 14.6. The lowest BCUT2D eigenvalue weighted by atomic mass is 10.3. The summed E-state index contributed by atoms with van der Waals surface area (Å²) in [5.41, 5.74) is 0. The minimum Gasteiger partial charge on any atom is -0.502 e. The molecule has 132 valence electrons. The molecule has 0 unspecified atom stereocenters. The normalized spacial score (nSPS) is 12.1. The number of aliphatic hydroxyl groups excluding tert-OH is 2. The van der Waals surface area contributed by atoms with Crippen molar-refractivity contribution >= 4 is 11.9 Å². The van der Waals surface area contributed by atoms with Gasteiger partial charge in [-0.3, -0.25) is 0 Å². The van der Waals surface area contributed by atoms with E-state index < -0.39 is 23.5 Å². The Bertz CT molecular complexity index is 375. The monoisotopic (exact) mass is 330 g/mol. The van der Waals surface area contributed by atoms with Crippen molar-refractivity contribution in [1.82, 2.24) is 0 Å². The molecule has 0 aromatic carbocycles. The fourth-order valence-electron chi connectivity index (χ4n) is 1.37. The smallest absolute Gasteiger partial charge is 0.373 e. The Hall–Kier alpha value is -2.02. The van der Waals surface area contributed by atoms with E-state index in [9.17, 15) is 19.8 Å². The van der Waals surface area contributed by atoms with Gasteiger partial charge in [-0.25, -0.2) is 9.59 Å². The average Bonchev–Trinajstić information content (AvgIpc) is 2.55. The van der Waals surface area contributed by atoms with Crippen LogP contribution in [0, 0.1) is 0 Å². The summed E-state index contributed by atoms with van der Waals surface area (Å²) in [4.78, 5) is 22.6. The second kappa shape index (κ2) is 13.6. The van der Waals surface area contributed by atoms with Crippen molar-refractivity contribution < 1.29 is 34.0 Å². The second-order valence-electron chi connectivity index (χ2n) is 4.64. The summed E-state index contributed by atoms with van der Waals surface area (Å²) in [6, 6.07) is 0. The van der Waals surface area contributed by atoms with Gasteiger partial charge in [0.1, 0.15) is 13.2 Å². The Balaban J connectivity index is 3.67. The molecule has 0 aromatic rings. The molecule has 0 atom stereocenters. The molecule has 7 heteroatoms. The molecule has 0 aromatic heterocycles. The molecule has 2 N–H and O–H groups in total. The molecule has 0 bridgehead atoms. The third-order valence-corrected chi connectivity index (χ3v) is 2.59. The second-order valence-corrected chi connectivity index (χ2v) is 4.64. The van der Waals surface area contributed by atoms with Crippen LogP contribution >= 0.6 is 0 Å². The number of hydrogen-bond acceptors (Lipinski definition) is 7. The molecule has 0 fully saturated rings. The summed E-state index contributed by atoms with van der Waals surface area (Å²) in [6.07, 6.45) is 5.65. The standard InChI is InChI=1S/C16H26O7/c1-3-5-7-13(17)15(19)22-11-9-21-10-12-23-16(20)14(18)8-6-4-2/h7-8,17-18H,3-6,9-12H2,1-2H3/b13-7-,14-8-. The largest absolute Gasteiger partial charge is 0.502 e. The molecule has 0 amide bonds. The zero-order valence-corrected chi connectivity index (χ0v) is 13.7. The molecule has 0 aliphatic heterocycles. The molecule has 0 rings (SSSR count). The van der Waals surface area contributed by atoms with Gasteiger partial charge in [0.05, 0.1) is 13.2 Å². The van der Waals surface area contributed by atoms with Gasteiger partial charge in [-0.05, 0) is 25.0 Å². The van der Waals surface area contributed by atoms with E-state index in [1.807, 2.05) is 13.8 Å². The Morgan fingerprint density at radius 1 is 0.783 bits per heavy atom. The lowest BCUT2D eigenvalue weighted by molar-refractivity contribution is -0.145. The number of hydrogen-bond donors (Lipinski definition) is 2. The summed E-state index contributed by atoms with van der Waals surface area (Å²) in [6.45, 7) is 4.05. The van der Waals surface area contributed by atoms with Gasteiger partial charge in [-0.2, -0.15) is 0 Å². The zero-order valence-electron chi connectivity index (χ0n) is 13.7. The van der Waals surface area contributed by atoms with Gasteiger partial charge in [0.2, 0.25) is 0 Å². The van der Waals surface area contributed by atoms with Crippen LogP contribution in [-0.4, -0.2) is 48.6 Å². The first-order chi connectivity index (χ1) is 11.0. The highest BCUT2D eigenvalue weighted by Crippen LogP contribution is 1.99. The molecular formula is C16H26O7. The summed E-state index contributed by atoms with van der Waals surface area (Å²) in [5.74, 6) is -2.40.